The molecule has 21 heavy (non-hydrogen) atoms. The van der Waals surface area contributed by atoms with Gasteiger partial charge in [0.15, 0.2) is 0 Å². The number of hydrogen-bond acceptors (Lipinski definition) is 5. The van der Waals surface area contributed by atoms with Crippen molar-refractivity contribution in [1.29, 1.82) is 0 Å². The van der Waals surface area contributed by atoms with Crippen molar-refractivity contribution >= 4 is 23.4 Å². The van der Waals surface area contributed by atoms with Crippen LogP contribution in [0.3, 0.4) is 0 Å². The second-order valence-corrected chi connectivity index (χ2v) is 4.74. The Kier molecular flexibility index (Phi) is 4.54. The average Bonchev–Trinajstić information content (AvgIpc) is 2.48. The number of anilines is 1. The van der Waals surface area contributed by atoms with Crippen LogP contribution >= 0.6 is 0 Å². The molecule has 0 spiro atoms. The zero-order chi connectivity index (χ0) is 15.4. The smallest absolute Gasteiger partial charge is 0.246 e. The number of imide groups is 1. The topological polar surface area (TPSA) is 102 Å². The predicted molar refractivity (Wildman–Crippen MR) is 75.6 cm³/mol. The number of methoxy groups -OCH3 is 1. The van der Waals surface area contributed by atoms with Crippen molar-refractivity contribution < 1.29 is 19.1 Å². The van der Waals surface area contributed by atoms with Crippen LogP contribution in [0.2, 0.25) is 0 Å². The molecular weight excluding hydrogens is 274 g/mol. The number of carbonyl (C=O) groups is 3. The lowest BCUT2D eigenvalue weighted by atomic mass is 10.1. The minimum absolute atomic E-state index is 0.183. The molecule has 3 N–H and O–H groups in total. The highest BCUT2D eigenvalue weighted by Gasteiger charge is 2.33. The third-order valence-corrected chi connectivity index (χ3v) is 3.23. The summed E-state index contributed by atoms with van der Waals surface area (Å²) in [6, 6.07) is 6.02. The second kappa shape index (κ2) is 6.36. The summed E-state index contributed by atoms with van der Waals surface area (Å²) in [6.07, 6.45) is 0.511. The molecule has 0 radical (unpaired) electrons. The fraction of sp³-hybridized carbons (Fsp3) is 0.357. The molecule has 1 saturated heterocycles. The van der Waals surface area contributed by atoms with Crippen molar-refractivity contribution in [3.8, 4) is 5.75 Å². The molecule has 2 rings (SSSR count). The normalized spacial score (nSPS) is 18.6. The Morgan fingerprint density at radius 2 is 2.05 bits per heavy atom. The molecular formula is C14H17N3O4. The average molecular weight is 291 g/mol. The van der Waals surface area contributed by atoms with Gasteiger partial charge in [-0.3, -0.25) is 19.3 Å². The van der Waals surface area contributed by atoms with Gasteiger partial charge in [0.1, 0.15) is 12.3 Å². The molecule has 1 aliphatic rings. The molecule has 0 bridgehead atoms. The summed E-state index contributed by atoms with van der Waals surface area (Å²) in [4.78, 5) is 36.3. The minimum atomic E-state index is -0.712. The minimum Gasteiger partial charge on any atom is -0.497 e. The number of nitrogens with two attached hydrogens (primary N) is 1. The van der Waals surface area contributed by atoms with E-state index < -0.39 is 17.9 Å². The van der Waals surface area contributed by atoms with Crippen LogP contribution in [0.4, 0.5) is 5.69 Å². The molecule has 0 aromatic heterocycles. The van der Waals surface area contributed by atoms with Crippen molar-refractivity contribution in [2.24, 2.45) is 5.73 Å². The van der Waals surface area contributed by atoms with Crippen molar-refractivity contribution in [2.45, 2.75) is 18.9 Å². The molecule has 0 aliphatic carbocycles. The fourth-order valence-corrected chi connectivity index (χ4v) is 2.05. The van der Waals surface area contributed by atoms with E-state index in [2.05, 4.69) is 5.32 Å². The van der Waals surface area contributed by atoms with Gasteiger partial charge < -0.3 is 15.8 Å². The molecule has 0 saturated carbocycles. The third-order valence-electron chi connectivity index (χ3n) is 3.23. The van der Waals surface area contributed by atoms with Crippen molar-refractivity contribution in [3.63, 3.8) is 0 Å². The molecule has 7 nitrogen and oxygen atoms in total. The highest BCUT2D eigenvalue weighted by molar-refractivity contribution is 6.05. The van der Waals surface area contributed by atoms with Gasteiger partial charge in [0.2, 0.25) is 17.7 Å². The van der Waals surface area contributed by atoms with Gasteiger partial charge in [-0.05, 0) is 30.7 Å². The lowest BCUT2D eigenvalue weighted by molar-refractivity contribution is -0.151. The fourth-order valence-electron chi connectivity index (χ4n) is 2.05. The number of amides is 3. The van der Waals surface area contributed by atoms with E-state index in [0.29, 0.717) is 17.9 Å². The summed E-state index contributed by atoms with van der Waals surface area (Å²) in [5.74, 6) is -0.654. The number of piperidine rings is 1. The van der Waals surface area contributed by atoms with Crippen LogP contribution in [0.5, 0.6) is 5.75 Å². The van der Waals surface area contributed by atoms with Gasteiger partial charge >= 0.3 is 0 Å². The summed E-state index contributed by atoms with van der Waals surface area (Å²) in [7, 11) is 1.55. The summed E-state index contributed by atoms with van der Waals surface area (Å²) in [6.45, 7) is -0.322. The van der Waals surface area contributed by atoms with E-state index in [4.69, 9.17) is 10.5 Å². The molecule has 1 aromatic rings. The van der Waals surface area contributed by atoms with E-state index in [9.17, 15) is 14.4 Å². The largest absolute Gasteiger partial charge is 0.497 e. The summed E-state index contributed by atoms with van der Waals surface area (Å²) in [5, 5.41) is 2.62. The Hall–Kier alpha value is -2.41. The first-order chi connectivity index (χ1) is 10.0. The first-order valence-electron chi connectivity index (χ1n) is 6.55. The van der Waals surface area contributed by atoms with Crippen LogP contribution in [-0.2, 0) is 14.4 Å². The number of nitrogens with one attached hydrogen (secondary N) is 1. The quantitative estimate of drug-likeness (QED) is 0.767. The van der Waals surface area contributed by atoms with Crippen molar-refractivity contribution in [1.82, 2.24) is 4.90 Å². The number of rotatable bonds is 4. The zero-order valence-electron chi connectivity index (χ0n) is 11.7. The first kappa shape index (κ1) is 15.0. The molecule has 1 fully saturated rings. The second-order valence-electron chi connectivity index (χ2n) is 4.74. The predicted octanol–water partition coefficient (Wildman–Crippen LogP) is 0.110. The van der Waals surface area contributed by atoms with E-state index in [0.717, 1.165) is 4.90 Å². The summed E-state index contributed by atoms with van der Waals surface area (Å²) >= 11 is 0. The van der Waals surface area contributed by atoms with Gasteiger partial charge in [0.25, 0.3) is 0 Å². The lowest BCUT2D eigenvalue weighted by Crippen LogP contribution is -2.53. The van der Waals surface area contributed by atoms with Crippen molar-refractivity contribution in [3.05, 3.63) is 24.3 Å². The standard InChI is InChI=1S/C14H17N3O4/c1-21-10-4-2-9(3-5-10)16-12(18)8-17-13(19)7-6-11(15)14(17)20/h2-5,11H,6-8,15H2,1H3,(H,16,18). The number of nitrogens with zero attached hydrogens (tertiary/aromatic N) is 1. The number of hydrogen-bond donors (Lipinski definition) is 2. The number of benzene rings is 1. The summed E-state index contributed by atoms with van der Waals surface area (Å²) in [5.41, 5.74) is 6.16. The van der Waals surface area contributed by atoms with Crippen LogP contribution in [0, 0.1) is 0 Å². The number of ether oxygens (including phenoxy) is 1. The molecule has 1 unspecified atom stereocenters. The third kappa shape index (κ3) is 3.57. The van der Waals surface area contributed by atoms with Crippen LogP contribution in [0.1, 0.15) is 12.8 Å². The van der Waals surface area contributed by atoms with Crippen LogP contribution < -0.4 is 15.8 Å². The Morgan fingerprint density at radius 3 is 2.67 bits per heavy atom. The van der Waals surface area contributed by atoms with Gasteiger partial charge in [0, 0.05) is 12.1 Å². The maximum Gasteiger partial charge on any atom is 0.246 e. The van der Waals surface area contributed by atoms with Gasteiger partial charge in [-0.1, -0.05) is 0 Å². The van der Waals surface area contributed by atoms with Gasteiger partial charge in [-0.25, -0.2) is 0 Å². The Morgan fingerprint density at radius 1 is 1.38 bits per heavy atom. The summed E-state index contributed by atoms with van der Waals surface area (Å²) < 4.78 is 5.01. The molecule has 3 amide bonds. The Labute approximate surface area is 122 Å². The molecule has 1 aliphatic heterocycles. The van der Waals surface area contributed by atoms with Crippen LogP contribution in [0.25, 0.3) is 0 Å². The molecule has 112 valence electrons. The van der Waals surface area contributed by atoms with E-state index in [-0.39, 0.29) is 18.9 Å². The van der Waals surface area contributed by atoms with E-state index in [1.54, 1.807) is 31.4 Å². The maximum absolute atomic E-state index is 11.9. The van der Waals surface area contributed by atoms with Crippen molar-refractivity contribution in [2.75, 3.05) is 19.0 Å². The van der Waals surface area contributed by atoms with Crippen LogP contribution in [0.15, 0.2) is 24.3 Å². The first-order valence-corrected chi connectivity index (χ1v) is 6.55. The van der Waals surface area contributed by atoms with Gasteiger partial charge in [0.05, 0.1) is 13.2 Å². The van der Waals surface area contributed by atoms with E-state index >= 15 is 0 Å². The molecule has 1 atom stereocenters. The SMILES string of the molecule is COc1ccc(NC(=O)CN2C(=O)CCC(N)C2=O)cc1. The molecule has 7 heteroatoms. The Bertz CT molecular complexity index is 556. The number of carbonyl (C=O) groups excluding carboxylic acids is 3. The highest BCUT2D eigenvalue weighted by atomic mass is 16.5. The number of likely N-dealkylation sites (tertiary alicyclic amines) is 1. The zero-order valence-corrected chi connectivity index (χ0v) is 11.7. The lowest BCUT2D eigenvalue weighted by Gasteiger charge is -2.28. The van der Waals surface area contributed by atoms with E-state index in [1.165, 1.54) is 0 Å². The van der Waals surface area contributed by atoms with Gasteiger partial charge in [-0.15, -0.1) is 0 Å². The van der Waals surface area contributed by atoms with E-state index in [1.807, 2.05) is 0 Å². The Balaban J connectivity index is 1.97. The van der Waals surface area contributed by atoms with Gasteiger partial charge in [-0.2, -0.15) is 0 Å². The maximum atomic E-state index is 11.9. The monoisotopic (exact) mass is 291 g/mol. The molecule has 1 heterocycles. The highest BCUT2D eigenvalue weighted by Crippen LogP contribution is 2.16. The van der Waals surface area contributed by atoms with Crippen LogP contribution in [-0.4, -0.2) is 42.3 Å². The molecule has 1 aromatic carbocycles.